The van der Waals surface area contributed by atoms with Gasteiger partial charge in [0, 0.05) is 24.9 Å². The van der Waals surface area contributed by atoms with Crippen molar-refractivity contribution in [1.82, 2.24) is 25.4 Å². The van der Waals surface area contributed by atoms with Crippen LogP contribution in [0.25, 0.3) is 0 Å². The van der Waals surface area contributed by atoms with Crippen LogP contribution in [0.5, 0.6) is 0 Å². The minimum atomic E-state index is -0.575. The number of benzene rings is 1. The number of carbonyl (C=O) groups is 3. The zero-order valence-corrected chi connectivity index (χ0v) is 27.8. The van der Waals surface area contributed by atoms with Crippen LogP contribution in [0.15, 0.2) is 47.4 Å². The lowest BCUT2D eigenvalue weighted by Gasteiger charge is -2.35. The number of aromatic nitrogens is 1. The molecule has 4 atom stereocenters. The molecule has 1 aromatic carbocycles. The molecular weight excluding hydrogens is 546 g/mol. The third-order valence-electron chi connectivity index (χ3n) is 7.46. The van der Waals surface area contributed by atoms with Crippen molar-refractivity contribution in [1.29, 1.82) is 0 Å². The first kappa shape index (κ1) is 35.2. The topological polar surface area (TPSA) is 94.6 Å². The highest BCUT2D eigenvalue weighted by atomic mass is 32.1. The van der Waals surface area contributed by atoms with Gasteiger partial charge < -0.3 is 20.4 Å². The van der Waals surface area contributed by atoms with Crippen LogP contribution >= 0.6 is 11.3 Å². The summed E-state index contributed by atoms with van der Waals surface area (Å²) >= 11 is 1.47. The van der Waals surface area contributed by atoms with Crippen LogP contribution in [-0.2, 0) is 22.4 Å². The quantitative estimate of drug-likeness (QED) is 0.267. The van der Waals surface area contributed by atoms with Gasteiger partial charge in [-0.05, 0) is 58.2 Å². The normalized spacial score (nSPS) is 14.2. The smallest absolute Gasteiger partial charge is 0.271 e. The van der Waals surface area contributed by atoms with E-state index >= 15 is 0 Å². The van der Waals surface area contributed by atoms with E-state index in [0.717, 1.165) is 22.6 Å². The van der Waals surface area contributed by atoms with Crippen molar-refractivity contribution >= 4 is 29.1 Å². The van der Waals surface area contributed by atoms with Gasteiger partial charge in [-0.2, -0.15) is 0 Å². The van der Waals surface area contributed by atoms with Gasteiger partial charge in [0.1, 0.15) is 11.7 Å². The molecule has 0 radical (unpaired) electrons. The summed E-state index contributed by atoms with van der Waals surface area (Å²) in [4.78, 5) is 47.5. The zero-order valence-electron chi connectivity index (χ0n) is 26.9. The minimum absolute atomic E-state index is 0.0102. The molecule has 2 aromatic rings. The Morgan fingerprint density at radius 1 is 1.02 bits per heavy atom. The average Bonchev–Trinajstić information content (AvgIpc) is 3.39. The number of allylic oxidation sites excluding steroid dienone is 1. The van der Waals surface area contributed by atoms with E-state index in [1.54, 1.807) is 9.80 Å². The van der Waals surface area contributed by atoms with E-state index in [1.165, 1.54) is 11.3 Å². The summed E-state index contributed by atoms with van der Waals surface area (Å²) in [5.41, 5.74) is 2.72. The summed E-state index contributed by atoms with van der Waals surface area (Å²) in [7, 11) is 5.50. The number of nitrogens with one attached hydrogen (secondary N) is 2. The molecule has 8 nitrogen and oxygen atoms in total. The fourth-order valence-corrected chi connectivity index (χ4v) is 5.81. The molecule has 42 heavy (non-hydrogen) atoms. The number of hydrogen-bond acceptors (Lipinski definition) is 6. The summed E-state index contributed by atoms with van der Waals surface area (Å²) in [5.74, 6) is -0.195. The van der Waals surface area contributed by atoms with Crippen LogP contribution in [0.1, 0.15) is 75.4 Å². The maximum atomic E-state index is 13.7. The first-order valence-corrected chi connectivity index (χ1v) is 15.8. The highest BCUT2D eigenvalue weighted by Gasteiger charge is 2.32. The van der Waals surface area contributed by atoms with Crippen molar-refractivity contribution in [2.24, 2.45) is 11.8 Å². The molecule has 0 aliphatic carbocycles. The number of likely N-dealkylation sites (N-methyl/N-ethyl adjacent to an activating group) is 2. The summed E-state index contributed by atoms with van der Waals surface area (Å²) in [5, 5.41) is 8.79. The van der Waals surface area contributed by atoms with Crippen LogP contribution < -0.4 is 10.6 Å². The molecule has 1 aromatic heterocycles. The maximum absolute atomic E-state index is 13.7. The van der Waals surface area contributed by atoms with E-state index in [4.69, 9.17) is 0 Å². The molecule has 1 heterocycles. The van der Waals surface area contributed by atoms with Gasteiger partial charge in [0.15, 0.2) is 0 Å². The predicted molar refractivity (Wildman–Crippen MR) is 173 cm³/mol. The number of aryl methyl sites for hydroxylation is 1. The van der Waals surface area contributed by atoms with Gasteiger partial charge in [0.05, 0.1) is 17.6 Å². The van der Waals surface area contributed by atoms with Crippen molar-refractivity contribution in [2.45, 2.75) is 85.4 Å². The van der Waals surface area contributed by atoms with Crippen molar-refractivity contribution in [3.05, 3.63) is 63.6 Å². The number of thiazole rings is 1. The monoisotopic (exact) mass is 597 g/mol. The Hall–Kier alpha value is -3.04. The number of carbonyl (C=O) groups excluding carboxylic acids is 3. The first-order valence-electron chi connectivity index (χ1n) is 15.0. The van der Waals surface area contributed by atoms with E-state index in [0.29, 0.717) is 25.0 Å². The van der Waals surface area contributed by atoms with E-state index in [9.17, 15) is 14.4 Å². The molecule has 9 heteroatoms. The first-order chi connectivity index (χ1) is 19.8. The number of amides is 3. The molecule has 2 rings (SSSR count). The highest BCUT2D eigenvalue weighted by molar-refractivity contribution is 7.09. The van der Waals surface area contributed by atoms with Gasteiger partial charge in [-0.3, -0.25) is 14.4 Å². The van der Waals surface area contributed by atoms with Crippen molar-refractivity contribution in [2.75, 3.05) is 27.7 Å². The SMILES string of the molecule is CCC(C)[C@H](NC(=O)CN(C)C)C(=O)N(C)[C@H](CCc1nc(C(=O)N[C@H](C=C(C)C)Cc2ccccc2)cs1)C(C)C. The summed E-state index contributed by atoms with van der Waals surface area (Å²) < 4.78 is 0. The molecular formula is C33H51N5O3S. The molecule has 232 valence electrons. The second-order valence-corrected chi connectivity index (χ2v) is 13.1. The van der Waals surface area contributed by atoms with E-state index in [1.807, 2.05) is 72.4 Å². The highest BCUT2D eigenvalue weighted by Crippen LogP contribution is 2.21. The number of rotatable bonds is 16. The number of hydrogen-bond donors (Lipinski definition) is 2. The van der Waals surface area contributed by atoms with Crippen LogP contribution in [0.2, 0.25) is 0 Å². The standard InChI is InChI=1S/C33H51N5O3S/c1-10-24(6)31(36-29(39)20-37(7)8)33(41)38(9)28(23(4)5)16-17-30-35-27(21-42-30)32(40)34-26(18-22(2)3)19-25-14-12-11-13-15-25/h11-15,18,21,23-24,26,28,31H,10,16-17,19-20H2,1-9H3,(H,34,40)(H,36,39)/t24?,26-,28-,31+/m1/s1. The summed E-state index contributed by atoms with van der Waals surface area (Å²) in [6, 6.07) is 9.38. The summed E-state index contributed by atoms with van der Waals surface area (Å²) in [6.45, 7) is 12.5. The van der Waals surface area contributed by atoms with Gasteiger partial charge in [-0.15, -0.1) is 11.3 Å². The van der Waals surface area contributed by atoms with E-state index in [2.05, 4.69) is 47.7 Å². The Bertz CT molecular complexity index is 1170. The molecule has 2 N–H and O–H groups in total. The molecule has 0 spiro atoms. The van der Waals surface area contributed by atoms with Gasteiger partial charge in [0.2, 0.25) is 11.8 Å². The van der Waals surface area contributed by atoms with Crippen LogP contribution in [0.4, 0.5) is 0 Å². The van der Waals surface area contributed by atoms with Gasteiger partial charge in [0.25, 0.3) is 5.91 Å². The Balaban J connectivity index is 2.08. The Labute approximate surface area is 257 Å². The molecule has 3 amide bonds. The lowest BCUT2D eigenvalue weighted by atomic mass is 9.93. The molecule has 0 saturated heterocycles. The van der Waals surface area contributed by atoms with Crippen LogP contribution in [-0.4, -0.2) is 78.3 Å². The van der Waals surface area contributed by atoms with E-state index < -0.39 is 6.04 Å². The lowest BCUT2D eigenvalue weighted by molar-refractivity contribution is -0.139. The molecule has 0 aliphatic rings. The molecule has 1 unspecified atom stereocenters. The Morgan fingerprint density at radius 2 is 1.69 bits per heavy atom. The lowest BCUT2D eigenvalue weighted by Crippen LogP contribution is -2.55. The van der Waals surface area contributed by atoms with Crippen molar-refractivity contribution in [3.63, 3.8) is 0 Å². The van der Waals surface area contributed by atoms with Crippen molar-refractivity contribution < 1.29 is 14.4 Å². The largest absolute Gasteiger partial charge is 0.344 e. The second-order valence-electron chi connectivity index (χ2n) is 12.1. The Kier molecular flexibility index (Phi) is 14.4. The molecule has 0 saturated carbocycles. The third-order valence-corrected chi connectivity index (χ3v) is 8.37. The molecule has 0 aliphatic heterocycles. The van der Waals surface area contributed by atoms with Crippen molar-refractivity contribution in [3.8, 4) is 0 Å². The second kappa shape index (κ2) is 17.2. The van der Waals surface area contributed by atoms with E-state index in [-0.39, 0.29) is 48.2 Å². The van der Waals surface area contributed by atoms with Crippen LogP contribution in [0, 0.1) is 11.8 Å². The molecule has 0 bridgehead atoms. The fraction of sp³-hybridized carbons (Fsp3) is 0.576. The van der Waals surface area contributed by atoms with Gasteiger partial charge in [-0.25, -0.2) is 4.98 Å². The number of nitrogens with zero attached hydrogens (tertiary/aromatic N) is 3. The fourth-order valence-electron chi connectivity index (χ4n) is 5.01. The zero-order chi connectivity index (χ0) is 31.4. The predicted octanol–water partition coefficient (Wildman–Crippen LogP) is 4.96. The average molecular weight is 598 g/mol. The third kappa shape index (κ3) is 11.3. The van der Waals surface area contributed by atoms with Gasteiger partial charge >= 0.3 is 0 Å². The minimum Gasteiger partial charge on any atom is -0.344 e. The molecule has 0 fully saturated rings. The van der Waals surface area contributed by atoms with Gasteiger partial charge in [-0.1, -0.05) is 76.1 Å². The van der Waals surface area contributed by atoms with Crippen LogP contribution in [0.3, 0.4) is 0 Å². The summed E-state index contributed by atoms with van der Waals surface area (Å²) in [6.07, 6.45) is 4.93. The maximum Gasteiger partial charge on any atom is 0.271 e. The Morgan fingerprint density at radius 3 is 2.26 bits per heavy atom.